The van der Waals surface area contributed by atoms with Crippen molar-refractivity contribution in [3.63, 3.8) is 0 Å². The van der Waals surface area contributed by atoms with Crippen LogP contribution in [0.2, 0.25) is 0 Å². The van der Waals surface area contributed by atoms with E-state index < -0.39 is 0 Å². The normalized spacial score (nSPS) is 25.8. The molecule has 0 radical (unpaired) electrons. The second-order valence-corrected chi connectivity index (χ2v) is 7.50. The van der Waals surface area contributed by atoms with Crippen LogP contribution in [-0.4, -0.2) is 12.1 Å². The van der Waals surface area contributed by atoms with E-state index in [0.29, 0.717) is 6.10 Å². The lowest BCUT2D eigenvalue weighted by molar-refractivity contribution is 0.121. The molecule has 0 heterocycles. The van der Waals surface area contributed by atoms with E-state index in [2.05, 4.69) is 46.4 Å². The first-order valence-corrected chi connectivity index (χ1v) is 9.22. The van der Waals surface area contributed by atoms with Gasteiger partial charge in [0.25, 0.3) is 0 Å². The third-order valence-corrected chi connectivity index (χ3v) is 5.28. The molecule has 3 heteroatoms. The van der Waals surface area contributed by atoms with E-state index in [9.17, 15) is 0 Å². The average molecular weight is 352 g/mol. The molecule has 1 aromatic carbocycles. The Morgan fingerprint density at radius 3 is 2.86 bits per heavy atom. The highest BCUT2D eigenvalue weighted by Gasteiger charge is 2.24. The summed E-state index contributed by atoms with van der Waals surface area (Å²) >= 11 is 3.58. The summed E-state index contributed by atoms with van der Waals surface area (Å²) in [4.78, 5) is 0. The van der Waals surface area contributed by atoms with Crippen molar-refractivity contribution in [2.75, 3.05) is 0 Å². The van der Waals surface area contributed by atoms with Crippen molar-refractivity contribution in [3.8, 4) is 5.75 Å². The van der Waals surface area contributed by atoms with Crippen LogP contribution in [0.3, 0.4) is 0 Å². The zero-order valence-electron chi connectivity index (χ0n) is 12.9. The second kappa shape index (κ2) is 7.15. The van der Waals surface area contributed by atoms with Gasteiger partial charge in [0.1, 0.15) is 5.75 Å². The average Bonchev–Trinajstić information content (AvgIpc) is 3.32. The molecule has 2 saturated carbocycles. The molecule has 1 aromatic rings. The van der Waals surface area contributed by atoms with Gasteiger partial charge in [-0.15, -0.1) is 0 Å². The minimum atomic E-state index is 0.407. The number of nitrogens with one attached hydrogen (secondary N) is 1. The van der Waals surface area contributed by atoms with Crippen LogP contribution in [0.1, 0.15) is 57.4 Å². The second-order valence-electron chi connectivity index (χ2n) is 6.59. The molecule has 0 aliphatic heterocycles. The van der Waals surface area contributed by atoms with Crippen LogP contribution in [-0.2, 0) is 6.54 Å². The summed E-state index contributed by atoms with van der Waals surface area (Å²) in [5, 5.41) is 3.60. The molecule has 3 rings (SSSR count). The van der Waals surface area contributed by atoms with Gasteiger partial charge in [-0.05, 0) is 56.2 Å². The van der Waals surface area contributed by atoms with Crippen LogP contribution < -0.4 is 10.1 Å². The molecule has 21 heavy (non-hydrogen) atoms. The van der Waals surface area contributed by atoms with Crippen LogP contribution in [0.15, 0.2) is 22.7 Å². The summed E-state index contributed by atoms with van der Waals surface area (Å²) in [5.41, 5.74) is 1.29. The van der Waals surface area contributed by atoms with Gasteiger partial charge >= 0.3 is 0 Å². The number of halogens is 1. The maximum Gasteiger partial charge on any atom is 0.124 e. The van der Waals surface area contributed by atoms with E-state index in [1.54, 1.807) is 0 Å². The molecule has 0 amide bonds. The zero-order chi connectivity index (χ0) is 14.7. The van der Waals surface area contributed by atoms with E-state index in [1.807, 2.05) is 0 Å². The fraction of sp³-hybridized carbons (Fsp3) is 0.667. The smallest absolute Gasteiger partial charge is 0.124 e. The summed E-state index contributed by atoms with van der Waals surface area (Å²) in [7, 11) is 0. The van der Waals surface area contributed by atoms with E-state index in [-0.39, 0.29) is 0 Å². The molecule has 2 unspecified atom stereocenters. The van der Waals surface area contributed by atoms with Crippen molar-refractivity contribution in [1.29, 1.82) is 0 Å². The number of rotatable bonds is 6. The SMILES string of the molecule is CCC1CCCC(Oc2ccc(Br)cc2CNC2CC2)C1. The zero-order valence-corrected chi connectivity index (χ0v) is 14.5. The van der Waals surface area contributed by atoms with Crippen molar-refractivity contribution < 1.29 is 4.74 Å². The Balaban J connectivity index is 1.65. The van der Waals surface area contributed by atoms with Crippen molar-refractivity contribution >= 4 is 15.9 Å². The van der Waals surface area contributed by atoms with Gasteiger partial charge in [0, 0.05) is 22.6 Å². The topological polar surface area (TPSA) is 21.3 Å². The molecule has 2 aliphatic carbocycles. The molecule has 0 saturated heterocycles. The van der Waals surface area contributed by atoms with Crippen molar-refractivity contribution in [1.82, 2.24) is 5.32 Å². The lowest BCUT2D eigenvalue weighted by Gasteiger charge is -2.29. The van der Waals surface area contributed by atoms with Gasteiger partial charge in [0.2, 0.25) is 0 Å². The number of hydrogen-bond donors (Lipinski definition) is 1. The Morgan fingerprint density at radius 2 is 2.10 bits per heavy atom. The summed E-state index contributed by atoms with van der Waals surface area (Å²) in [6.45, 7) is 3.22. The van der Waals surface area contributed by atoms with Gasteiger partial charge in [-0.3, -0.25) is 0 Å². The largest absolute Gasteiger partial charge is 0.490 e. The van der Waals surface area contributed by atoms with Crippen LogP contribution >= 0.6 is 15.9 Å². The molecule has 0 spiro atoms. The van der Waals surface area contributed by atoms with Gasteiger partial charge in [0.05, 0.1) is 6.10 Å². The molecule has 116 valence electrons. The molecule has 0 aromatic heterocycles. The van der Waals surface area contributed by atoms with E-state index in [0.717, 1.165) is 28.7 Å². The maximum absolute atomic E-state index is 6.37. The predicted molar refractivity (Wildman–Crippen MR) is 90.7 cm³/mol. The van der Waals surface area contributed by atoms with E-state index >= 15 is 0 Å². The quantitative estimate of drug-likeness (QED) is 0.774. The molecular weight excluding hydrogens is 326 g/mol. The van der Waals surface area contributed by atoms with Gasteiger partial charge in [0.15, 0.2) is 0 Å². The van der Waals surface area contributed by atoms with Gasteiger partial charge in [-0.25, -0.2) is 0 Å². The van der Waals surface area contributed by atoms with E-state index in [1.165, 1.54) is 50.5 Å². The van der Waals surface area contributed by atoms with Crippen molar-refractivity contribution in [2.45, 2.75) is 70.6 Å². The van der Waals surface area contributed by atoms with Crippen molar-refractivity contribution in [3.05, 3.63) is 28.2 Å². The molecule has 1 N–H and O–H groups in total. The number of benzene rings is 1. The minimum absolute atomic E-state index is 0.407. The molecular formula is C18H26BrNO. The Bertz CT molecular complexity index is 472. The summed E-state index contributed by atoms with van der Waals surface area (Å²) in [6.07, 6.45) is 9.47. The predicted octanol–water partition coefficient (Wildman–Crippen LogP) is 5.05. The number of ether oxygens (including phenoxy) is 1. The van der Waals surface area contributed by atoms with Crippen LogP contribution in [0.25, 0.3) is 0 Å². The molecule has 0 bridgehead atoms. The van der Waals surface area contributed by atoms with Crippen LogP contribution in [0.5, 0.6) is 5.75 Å². The Morgan fingerprint density at radius 1 is 1.24 bits per heavy atom. The monoisotopic (exact) mass is 351 g/mol. The lowest BCUT2D eigenvalue weighted by Crippen LogP contribution is -2.26. The Labute approximate surface area is 136 Å². The molecule has 2 nitrogen and oxygen atoms in total. The number of hydrogen-bond acceptors (Lipinski definition) is 2. The molecule has 2 atom stereocenters. The Hall–Kier alpha value is -0.540. The maximum atomic E-state index is 6.37. The Kier molecular flexibility index (Phi) is 5.23. The first-order chi connectivity index (χ1) is 10.2. The summed E-state index contributed by atoms with van der Waals surface area (Å²) < 4.78 is 7.50. The van der Waals surface area contributed by atoms with Gasteiger partial charge in [-0.1, -0.05) is 35.7 Å². The highest BCUT2D eigenvalue weighted by molar-refractivity contribution is 9.10. The molecule has 2 fully saturated rings. The van der Waals surface area contributed by atoms with Crippen LogP contribution in [0.4, 0.5) is 0 Å². The molecule has 2 aliphatic rings. The first-order valence-electron chi connectivity index (χ1n) is 8.43. The summed E-state index contributed by atoms with van der Waals surface area (Å²) in [6, 6.07) is 7.15. The minimum Gasteiger partial charge on any atom is -0.490 e. The fourth-order valence-corrected chi connectivity index (χ4v) is 3.65. The lowest BCUT2D eigenvalue weighted by atomic mass is 9.85. The fourth-order valence-electron chi connectivity index (χ4n) is 3.24. The third-order valence-electron chi connectivity index (χ3n) is 4.79. The van der Waals surface area contributed by atoms with E-state index in [4.69, 9.17) is 4.74 Å². The first kappa shape index (κ1) is 15.4. The van der Waals surface area contributed by atoms with Gasteiger partial charge in [-0.2, -0.15) is 0 Å². The highest BCUT2D eigenvalue weighted by Crippen LogP contribution is 2.32. The summed E-state index contributed by atoms with van der Waals surface area (Å²) in [5.74, 6) is 1.93. The highest BCUT2D eigenvalue weighted by atomic mass is 79.9. The van der Waals surface area contributed by atoms with Crippen molar-refractivity contribution in [2.24, 2.45) is 5.92 Å². The standard InChI is InChI=1S/C18H26BrNO/c1-2-13-4-3-5-17(10-13)21-18-9-6-15(19)11-14(18)12-20-16-7-8-16/h6,9,11,13,16-17,20H,2-5,7-8,10,12H2,1H3. The van der Waals surface area contributed by atoms with Gasteiger partial charge < -0.3 is 10.1 Å². The third kappa shape index (κ3) is 4.46. The van der Waals surface area contributed by atoms with Crippen LogP contribution in [0, 0.1) is 5.92 Å².